The molecule has 166 valence electrons. The summed E-state index contributed by atoms with van der Waals surface area (Å²) in [6.45, 7) is 6.68. The van der Waals surface area contributed by atoms with Gasteiger partial charge in [-0.1, -0.05) is 43.6 Å². The molecule has 0 saturated carbocycles. The van der Waals surface area contributed by atoms with Gasteiger partial charge >= 0.3 is 0 Å². The van der Waals surface area contributed by atoms with E-state index in [-0.39, 0.29) is 11.8 Å². The van der Waals surface area contributed by atoms with Gasteiger partial charge in [0, 0.05) is 37.7 Å². The number of amides is 2. The van der Waals surface area contributed by atoms with Crippen molar-refractivity contribution < 1.29 is 18.4 Å². The van der Waals surface area contributed by atoms with Crippen molar-refractivity contribution in [3.8, 4) is 0 Å². The van der Waals surface area contributed by atoms with Gasteiger partial charge in [-0.15, -0.1) is 0 Å². The molecule has 0 spiro atoms. The van der Waals surface area contributed by atoms with Gasteiger partial charge in [-0.2, -0.15) is 0 Å². The van der Waals surface area contributed by atoms with E-state index in [0.717, 1.165) is 24.2 Å². The van der Waals surface area contributed by atoms with Gasteiger partial charge in [0.05, 0.1) is 0 Å². The lowest BCUT2D eigenvalue weighted by atomic mass is 10.0. The predicted molar refractivity (Wildman–Crippen MR) is 116 cm³/mol. The van der Waals surface area contributed by atoms with Crippen LogP contribution in [0.5, 0.6) is 0 Å². The SMILES string of the molecule is CC(C)[C@H](NC(=O)c1c(F)cccc1F)C(=O)N1CCN(Cc2cccc(Cl)c2)CC1. The Balaban J connectivity index is 1.61. The summed E-state index contributed by atoms with van der Waals surface area (Å²) >= 11 is 6.04. The quantitative estimate of drug-likeness (QED) is 0.731. The first-order chi connectivity index (χ1) is 14.8. The first-order valence-electron chi connectivity index (χ1n) is 10.3. The topological polar surface area (TPSA) is 52.7 Å². The first kappa shape index (κ1) is 23.2. The molecule has 0 aliphatic carbocycles. The lowest BCUT2D eigenvalue weighted by molar-refractivity contribution is -0.136. The summed E-state index contributed by atoms with van der Waals surface area (Å²) in [6.07, 6.45) is 0. The Hall–Kier alpha value is -2.51. The Morgan fingerprint density at radius 1 is 1.03 bits per heavy atom. The molecule has 0 radical (unpaired) electrons. The number of hydrogen-bond donors (Lipinski definition) is 1. The smallest absolute Gasteiger partial charge is 0.257 e. The lowest BCUT2D eigenvalue weighted by Crippen LogP contribution is -2.56. The molecule has 2 aromatic carbocycles. The van der Waals surface area contributed by atoms with Crippen molar-refractivity contribution >= 4 is 23.4 Å². The highest BCUT2D eigenvalue weighted by Crippen LogP contribution is 2.17. The van der Waals surface area contributed by atoms with E-state index in [1.54, 1.807) is 18.7 Å². The highest BCUT2D eigenvalue weighted by atomic mass is 35.5. The van der Waals surface area contributed by atoms with Crippen LogP contribution in [0, 0.1) is 17.6 Å². The predicted octanol–water partition coefficient (Wildman–Crippen LogP) is 3.72. The fourth-order valence-electron chi connectivity index (χ4n) is 3.66. The maximum atomic E-state index is 13.9. The zero-order valence-electron chi connectivity index (χ0n) is 17.6. The molecule has 3 rings (SSSR count). The fourth-order valence-corrected chi connectivity index (χ4v) is 3.87. The number of benzene rings is 2. The van der Waals surface area contributed by atoms with Crippen molar-refractivity contribution in [3.63, 3.8) is 0 Å². The minimum absolute atomic E-state index is 0.240. The molecule has 2 amide bonds. The van der Waals surface area contributed by atoms with Crippen LogP contribution in [0.4, 0.5) is 8.78 Å². The molecule has 1 atom stereocenters. The summed E-state index contributed by atoms with van der Waals surface area (Å²) in [7, 11) is 0. The van der Waals surface area contributed by atoms with Crippen LogP contribution in [0.2, 0.25) is 5.02 Å². The van der Waals surface area contributed by atoms with E-state index in [2.05, 4.69) is 10.2 Å². The molecule has 1 aliphatic rings. The Morgan fingerprint density at radius 3 is 2.23 bits per heavy atom. The molecule has 5 nitrogen and oxygen atoms in total. The van der Waals surface area contributed by atoms with Gasteiger partial charge in [0.25, 0.3) is 5.91 Å². The Kier molecular flexibility index (Phi) is 7.62. The van der Waals surface area contributed by atoms with Crippen molar-refractivity contribution in [2.45, 2.75) is 26.4 Å². The van der Waals surface area contributed by atoms with Crippen molar-refractivity contribution in [1.82, 2.24) is 15.1 Å². The second kappa shape index (κ2) is 10.2. The van der Waals surface area contributed by atoms with Crippen molar-refractivity contribution in [2.24, 2.45) is 5.92 Å². The summed E-state index contributed by atoms with van der Waals surface area (Å²) in [6, 6.07) is 10.0. The van der Waals surface area contributed by atoms with Crippen molar-refractivity contribution in [1.29, 1.82) is 0 Å². The van der Waals surface area contributed by atoms with Crippen LogP contribution in [0.1, 0.15) is 29.8 Å². The Labute approximate surface area is 186 Å². The Morgan fingerprint density at radius 2 is 1.65 bits per heavy atom. The molecule has 1 aliphatic heterocycles. The van der Waals surface area contributed by atoms with Crippen LogP contribution < -0.4 is 5.32 Å². The third-order valence-electron chi connectivity index (χ3n) is 5.39. The maximum Gasteiger partial charge on any atom is 0.257 e. The highest BCUT2D eigenvalue weighted by Gasteiger charge is 2.32. The summed E-state index contributed by atoms with van der Waals surface area (Å²) < 4.78 is 27.9. The minimum atomic E-state index is -0.956. The number of carbonyl (C=O) groups excluding carboxylic acids is 2. The molecule has 31 heavy (non-hydrogen) atoms. The van der Waals surface area contributed by atoms with E-state index < -0.39 is 29.1 Å². The highest BCUT2D eigenvalue weighted by molar-refractivity contribution is 6.30. The number of rotatable bonds is 6. The fraction of sp³-hybridized carbons (Fsp3) is 0.391. The lowest BCUT2D eigenvalue weighted by Gasteiger charge is -2.37. The van der Waals surface area contributed by atoms with Crippen LogP contribution in [0.15, 0.2) is 42.5 Å². The number of halogens is 3. The van der Waals surface area contributed by atoms with Crippen molar-refractivity contribution in [3.05, 3.63) is 70.2 Å². The van der Waals surface area contributed by atoms with Gasteiger partial charge in [-0.25, -0.2) is 8.78 Å². The van der Waals surface area contributed by atoms with E-state index in [1.807, 2.05) is 24.3 Å². The standard InChI is InChI=1S/C23H26ClF2N3O2/c1-15(2)21(27-22(30)20-18(25)7-4-8-19(20)26)23(31)29-11-9-28(10-12-29)14-16-5-3-6-17(24)13-16/h3-8,13,15,21H,9-12,14H2,1-2H3,(H,27,30)/t21-/m0/s1. The van der Waals surface area contributed by atoms with Gasteiger partial charge in [0.1, 0.15) is 23.2 Å². The molecule has 2 aromatic rings. The maximum absolute atomic E-state index is 13.9. The van der Waals surface area contributed by atoms with Crippen LogP contribution in [-0.2, 0) is 11.3 Å². The summed E-state index contributed by atoms with van der Waals surface area (Å²) in [5.41, 5.74) is 0.429. The molecule has 0 unspecified atom stereocenters. The zero-order valence-corrected chi connectivity index (χ0v) is 18.3. The van der Waals surface area contributed by atoms with Gasteiger partial charge in [0.15, 0.2) is 0 Å². The van der Waals surface area contributed by atoms with Crippen LogP contribution in [0.25, 0.3) is 0 Å². The van der Waals surface area contributed by atoms with Gasteiger partial charge in [-0.05, 0) is 35.7 Å². The molecular formula is C23H26ClF2N3O2. The van der Waals surface area contributed by atoms with Gasteiger partial charge in [-0.3, -0.25) is 14.5 Å². The average molecular weight is 450 g/mol. The zero-order chi connectivity index (χ0) is 22.5. The third-order valence-corrected chi connectivity index (χ3v) is 5.62. The van der Waals surface area contributed by atoms with Gasteiger partial charge in [0.2, 0.25) is 5.91 Å². The average Bonchev–Trinajstić information content (AvgIpc) is 2.72. The molecule has 1 heterocycles. The molecular weight excluding hydrogens is 424 g/mol. The second-order valence-corrected chi connectivity index (χ2v) is 8.46. The van der Waals surface area contributed by atoms with Crippen LogP contribution in [-0.4, -0.2) is 53.8 Å². The first-order valence-corrected chi connectivity index (χ1v) is 10.6. The van der Waals surface area contributed by atoms with E-state index in [4.69, 9.17) is 11.6 Å². The minimum Gasteiger partial charge on any atom is -0.340 e. The van der Waals surface area contributed by atoms with E-state index in [9.17, 15) is 18.4 Å². The summed E-state index contributed by atoms with van der Waals surface area (Å²) in [5.74, 6) is -3.33. The van der Waals surface area contributed by atoms with E-state index in [1.165, 1.54) is 6.07 Å². The molecule has 0 aromatic heterocycles. The monoisotopic (exact) mass is 449 g/mol. The van der Waals surface area contributed by atoms with E-state index in [0.29, 0.717) is 31.2 Å². The molecule has 1 saturated heterocycles. The summed E-state index contributed by atoms with van der Waals surface area (Å²) in [5, 5.41) is 3.22. The van der Waals surface area contributed by atoms with E-state index >= 15 is 0 Å². The van der Waals surface area contributed by atoms with Gasteiger partial charge < -0.3 is 10.2 Å². The molecule has 0 bridgehead atoms. The number of piperazine rings is 1. The molecule has 1 N–H and O–H groups in total. The number of nitrogens with one attached hydrogen (secondary N) is 1. The normalized spacial score (nSPS) is 15.7. The second-order valence-electron chi connectivity index (χ2n) is 8.02. The number of hydrogen-bond acceptors (Lipinski definition) is 3. The number of nitrogens with zero attached hydrogens (tertiary/aromatic N) is 2. The van der Waals surface area contributed by atoms with Crippen LogP contribution >= 0.6 is 11.6 Å². The largest absolute Gasteiger partial charge is 0.340 e. The Bertz CT molecular complexity index is 926. The third kappa shape index (κ3) is 5.80. The molecule has 8 heteroatoms. The molecule has 1 fully saturated rings. The summed E-state index contributed by atoms with van der Waals surface area (Å²) in [4.78, 5) is 29.5. The van der Waals surface area contributed by atoms with Crippen molar-refractivity contribution in [2.75, 3.05) is 26.2 Å². The van der Waals surface area contributed by atoms with Crippen LogP contribution in [0.3, 0.4) is 0 Å². The number of carbonyl (C=O) groups is 2.